The van der Waals surface area contributed by atoms with E-state index in [0.29, 0.717) is 47.9 Å². The van der Waals surface area contributed by atoms with Gasteiger partial charge in [-0.1, -0.05) is 17.4 Å². The molecule has 0 bridgehead atoms. The lowest BCUT2D eigenvalue weighted by Crippen LogP contribution is -2.40. The van der Waals surface area contributed by atoms with E-state index >= 15 is 0 Å². The van der Waals surface area contributed by atoms with E-state index in [1.807, 2.05) is 18.2 Å². The van der Waals surface area contributed by atoms with Crippen LogP contribution in [0.1, 0.15) is 31.0 Å². The zero-order chi connectivity index (χ0) is 26.0. The molecule has 1 aromatic heterocycles. The molecule has 2 heterocycles. The Balaban J connectivity index is 1.96. The molecule has 0 N–H and O–H groups in total. The van der Waals surface area contributed by atoms with Crippen LogP contribution in [0.5, 0.6) is 17.2 Å². The number of allylic oxidation sites excluding steroid dienone is 1. The molecule has 0 amide bonds. The third-order valence-corrected chi connectivity index (χ3v) is 7.34. The molecule has 36 heavy (non-hydrogen) atoms. The van der Waals surface area contributed by atoms with Crippen molar-refractivity contribution in [1.29, 1.82) is 0 Å². The minimum atomic E-state index is -0.720. The SMILES string of the molecule is CCOC(=O)C1=C(C)N=c2s/c(=C/c3ccc(OC)cc3OC)c(=O)n2[C@@H]1c1ccc(OC)c(Br)c1. The highest BCUT2D eigenvalue weighted by atomic mass is 79.9. The summed E-state index contributed by atoms with van der Waals surface area (Å²) in [6.45, 7) is 3.70. The molecule has 0 spiro atoms. The Bertz CT molecular complexity index is 1540. The van der Waals surface area contributed by atoms with Crippen molar-refractivity contribution in [2.75, 3.05) is 27.9 Å². The Labute approximate surface area is 220 Å². The summed E-state index contributed by atoms with van der Waals surface area (Å²) >= 11 is 4.76. The van der Waals surface area contributed by atoms with Gasteiger partial charge in [0.1, 0.15) is 17.2 Å². The first-order chi connectivity index (χ1) is 17.3. The summed E-state index contributed by atoms with van der Waals surface area (Å²) in [5.74, 6) is 1.34. The lowest BCUT2D eigenvalue weighted by molar-refractivity contribution is -0.139. The van der Waals surface area contributed by atoms with Gasteiger partial charge >= 0.3 is 5.97 Å². The first-order valence-electron chi connectivity index (χ1n) is 11.1. The van der Waals surface area contributed by atoms with Crippen molar-refractivity contribution in [3.8, 4) is 17.2 Å². The Hall–Kier alpha value is -3.37. The van der Waals surface area contributed by atoms with Crippen LogP contribution in [0, 0.1) is 0 Å². The van der Waals surface area contributed by atoms with E-state index in [1.165, 1.54) is 11.3 Å². The molecule has 2 aromatic carbocycles. The first-order valence-corrected chi connectivity index (χ1v) is 12.7. The second-order valence-electron chi connectivity index (χ2n) is 7.80. The van der Waals surface area contributed by atoms with Crippen LogP contribution in [0.4, 0.5) is 0 Å². The minimum absolute atomic E-state index is 0.205. The van der Waals surface area contributed by atoms with Crippen LogP contribution in [-0.2, 0) is 9.53 Å². The molecule has 1 aliphatic heterocycles. The number of benzene rings is 2. The largest absolute Gasteiger partial charge is 0.497 e. The highest BCUT2D eigenvalue weighted by molar-refractivity contribution is 9.10. The number of thiazole rings is 1. The fourth-order valence-corrected chi connectivity index (χ4v) is 5.63. The van der Waals surface area contributed by atoms with Gasteiger partial charge < -0.3 is 18.9 Å². The third kappa shape index (κ3) is 4.70. The summed E-state index contributed by atoms with van der Waals surface area (Å²) in [5, 5.41) is 0. The number of rotatable bonds is 7. The van der Waals surface area contributed by atoms with Crippen LogP contribution in [0.2, 0.25) is 0 Å². The molecule has 8 nitrogen and oxygen atoms in total. The fourth-order valence-electron chi connectivity index (χ4n) is 4.04. The molecule has 188 valence electrons. The van der Waals surface area contributed by atoms with Gasteiger partial charge in [-0.15, -0.1) is 0 Å². The van der Waals surface area contributed by atoms with Crippen LogP contribution < -0.4 is 29.1 Å². The number of hydrogen-bond acceptors (Lipinski definition) is 8. The van der Waals surface area contributed by atoms with Gasteiger partial charge in [-0.3, -0.25) is 9.36 Å². The number of hydrogen-bond donors (Lipinski definition) is 0. The number of halogens is 1. The molecule has 0 radical (unpaired) electrons. The molecule has 0 aliphatic carbocycles. The summed E-state index contributed by atoms with van der Waals surface area (Å²) in [4.78, 5) is 31.9. The summed E-state index contributed by atoms with van der Waals surface area (Å²) in [7, 11) is 4.71. The average Bonchev–Trinajstić information content (AvgIpc) is 3.17. The predicted molar refractivity (Wildman–Crippen MR) is 141 cm³/mol. The standard InChI is InChI=1S/C26H25BrN2O6S/c1-6-35-25(31)22-14(2)28-26-29(23(22)16-8-10-19(33-4)18(27)11-16)24(30)21(36-26)12-15-7-9-17(32-3)13-20(15)34-5/h7-13,23H,6H2,1-5H3/b21-12+/t23-/m1/s1. The third-order valence-electron chi connectivity index (χ3n) is 5.74. The molecule has 0 saturated carbocycles. The quantitative estimate of drug-likeness (QED) is 0.402. The molecular formula is C26H25BrN2O6S. The number of nitrogens with zero attached hydrogens (tertiary/aromatic N) is 2. The van der Waals surface area contributed by atoms with Crippen molar-refractivity contribution in [2.24, 2.45) is 4.99 Å². The second-order valence-corrected chi connectivity index (χ2v) is 9.67. The summed E-state index contributed by atoms with van der Waals surface area (Å²) in [5.41, 5.74) is 1.97. The van der Waals surface area contributed by atoms with Gasteiger partial charge in [-0.05, 0) is 65.7 Å². The van der Waals surface area contributed by atoms with Crippen molar-refractivity contribution < 1.29 is 23.7 Å². The monoisotopic (exact) mass is 572 g/mol. The zero-order valence-corrected chi connectivity index (χ0v) is 22.9. The van der Waals surface area contributed by atoms with Gasteiger partial charge in [0.25, 0.3) is 5.56 Å². The molecule has 4 rings (SSSR count). The summed E-state index contributed by atoms with van der Waals surface area (Å²) in [6, 6.07) is 10.1. The Morgan fingerprint density at radius 1 is 1.11 bits per heavy atom. The number of fused-ring (bicyclic) bond motifs is 1. The maximum atomic E-state index is 13.8. The maximum Gasteiger partial charge on any atom is 0.338 e. The Kier molecular flexibility index (Phi) is 7.65. The molecule has 3 aromatic rings. The fraction of sp³-hybridized carbons (Fsp3) is 0.269. The van der Waals surface area contributed by atoms with Crippen LogP contribution in [0.25, 0.3) is 6.08 Å². The molecule has 0 saturated heterocycles. The molecule has 1 atom stereocenters. The van der Waals surface area contributed by atoms with Crippen LogP contribution in [0.3, 0.4) is 0 Å². The number of carbonyl (C=O) groups is 1. The number of esters is 1. The lowest BCUT2D eigenvalue weighted by Gasteiger charge is -2.25. The average molecular weight is 573 g/mol. The molecule has 1 aliphatic rings. The summed E-state index contributed by atoms with van der Waals surface area (Å²) < 4.78 is 24.2. The predicted octanol–water partition coefficient (Wildman–Crippen LogP) is 3.59. The highest BCUT2D eigenvalue weighted by Crippen LogP contribution is 2.35. The highest BCUT2D eigenvalue weighted by Gasteiger charge is 2.33. The van der Waals surface area contributed by atoms with E-state index in [9.17, 15) is 9.59 Å². The number of ether oxygens (including phenoxy) is 4. The molecule has 0 unspecified atom stereocenters. The van der Waals surface area contributed by atoms with Gasteiger partial charge in [-0.2, -0.15) is 0 Å². The number of carbonyl (C=O) groups excluding carboxylic acids is 1. The number of aromatic nitrogens is 1. The van der Waals surface area contributed by atoms with Crippen molar-refractivity contribution in [1.82, 2.24) is 4.57 Å². The van der Waals surface area contributed by atoms with Gasteiger partial charge in [0.05, 0.1) is 54.3 Å². The molecular weight excluding hydrogens is 548 g/mol. The van der Waals surface area contributed by atoms with Crippen molar-refractivity contribution in [2.45, 2.75) is 19.9 Å². The van der Waals surface area contributed by atoms with Crippen LogP contribution >= 0.6 is 27.3 Å². The van der Waals surface area contributed by atoms with E-state index in [-0.39, 0.29) is 12.2 Å². The van der Waals surface area contributed by atoms with E-state index in [2.05, 4.69) is 20.9 Å². The van der Waals surface area contributed by atoms with Gasteiger partial charge in [0, 0.05) is 11.6 Å². The van der Waals surface area contributed by atoms with Gasteiger partial charge in [0.15, 0.2) is 4.80 Å². The smallest absolute Gasteiger partial charge is 0.338 e. The van der Waals surface area contributed by atoms with Crippen molar-refractivity contribution >= 4 is 39.3 Å². The van der Waals surface area contributed by atoms with Gasteiger partial charge in [0.2, 0.25) is 0 Å². The number of methoxy groups -OCH3 is 3. The second kappa shape index (κ2) is 10.7. The van der Waals surface area contributed by atoms with E-state index in [1.54, 1.807) is 64.0 Å². The van der Waals surface area contributed by atoms with Gasteiger partial charge in [-0.25, -0.2) is 9.79 Å². The topological polar surface area (TPSA) is 88.4 Å². The zero-order valence-electron chi connectivity index (χ0n) is 20.5. The summed E-state index contributed by atoms with van der Waals surface area (Å²) in [6.07, 6.45) is 1.76. The Morgan fingerprint density at radius 3 is 2.50 bits per heavy atom. The lowest BCUT2D eigenvalue weighted by atomic mass is 9.96. The normalized spacial score (nSPS) is 15.3. The first kappa shape index (κ1) is 25.7. The van der Waals surface area contributed by atoms with E-state index in [4.69, 9.17) is 18.9 Å². The molecule has 10 heteroatoms. The van der Waals surface area contributed by atoms with E-state index in [0.717, 1.165) is 5.56 Å². The minimum Gasteiger partial charge on any atom is -0.497 e. The maximum absolute atomic E-state index is 13.8. The van der Waals surface area contributed by atoms with Crippen LogP contribution in [0.15, 0.2) is 61.9 Å². The van der Waals surface area contributed by atoms with Crippen molar-refractivity contribution in [3.63, 3.8) is 0 Å². The van der Waals surface area contributed by atoms with Crippen molar-refractivity contribution in [3.05, 3.63) is 83.0 Å². The van der Waals surface area contributed by atoms with Crippen LogP contribution in [-0.4, -0.2) is 38.5 Å². The Morgan fingerprint density at radius 2 is 1.86 bits per heavy atom. The molecule has 0 fully saturated rings. The van der Waals surface area contributed by atoms with E-state index < -0.39 is 12.0 Å².